The van der Waals surface area contributed by atoms with Gasteiger partial charge >= 0.3 is 6.03 Å². The smallest absolute Gasteiger partial charge is 0.315 e. The molecule has 3 rings (SSSR count). The van der Waals surface area contributed by atoms with E-state index in [1.807, 2.05) is 12.1 Å². The summed E-state index contributed by atoms with van der Waals surface area (Å²) >= 11 is 0. The summed E-state index contributed by atoms with van der Waals surface area (Å²) in [5.74, 6) is 0.487. The highest BCUT2D eigenvalue weighted by atomic mass is 19.1. The fraction of sp³-hybridized carbons (Fsp3) is 0.611. The molecule has 0 aromatic heterocycles. The molecular weight excluding hydrogens is 293 g/mol. The molecule has 2 N–H and O–H groups in total. The summed E-state index contributed by atoms with van der Waals surface area (Å²) in [5, 5.41) is 6.14. The van der Waals surface area contributed by atoms with E-state index in [1.165, 1.54) is 25.0 Å². The molecule has 1 heterocycles. The number of nitrogens with one attached hydrogen (secondary N) is 2. The van der Waals surface area contributed by atoms with Gasteiger partial charge in [-0.15, -0.1) is 0 Å². The first-order valence-corrected chi connectivity index (χ1v) is 8.64. The quantitative estimate of drug-likeness (QED) is 0.876. The molecule has 0 bridgehead atoms. The van der Waals surface area contributed by atoms with Crippen molar-refractivity contribution >= 4 is 6.03 Å². The topological polar surface area (TPSA) is 44.4 Å². The second-order valence-electron chi connectivity index (χ2n) is 6.92. The van der Waals surface area contributed by atoms with Crippen molar-refractivity contribution in [2.75, 3.05) is 13.1 Å². The molecule has 1 aromatic rings. The van der Waals surface area contributed by atoms with E-state index in [4.69, 9.17) is 0 Å². The van der Waals surface area contributed by atoms with Crippen LogP contribution in [0, 0.1) is 11.7 Å². The first-order chi connectivity index (χ1) is 11.1. The number of benzene rings is 1. The van der Waals surface area contributed by atoms with Crippen LogP contribution in [0.4, 0.5) is 9.18 Å². The van der Waals surface area contributed by atoms with Gasteiger partial charge < -0.3 is 10.6 Å². The van der Waals surface area contributed by atoms with Crippen LogP contribution < -0.4 is 10.6 Å². The highest BCUT2D eigenvalue weighted by Gasteiger charge is 2.29. The van der Waals surface area contributed by atoms with Crippen molar-refractivity contribution in [2.45, 2.75) is 51.2 Å². The lowest BCUT2D eigenvalue weighted by atomic mass is 10.0. The van der Waals surface area contributed by atoms with E-state index < -0.39 is 0 Å². The minimum atomic E-state index is -0.192. The fourth-order valence-electron chi connectivity index (χ4n) is 3.23. The number of likely N-dealkylation sites (tertiary alicyclic amines) is 1. The first kappa shape index (κ1) is 16.2. The van der Waals surface area contributed by atoms with E-state index >= 15 is 0 Å². The maximum atomic E-state index is 12.9. The second kappa shape index (κ2) is 7.30. The molecule has 1 saturated heterocycles. The summed E-state index contributed by atoms with van der Waals surface area (Å²) in [6.45, 7) is 4.85. The number of hydrogen-bond acceptors (Lipinski definition) is 2. The summed E-state index contributed by atoms with van der Waals surface area (Å²) < 4.78 is 12.9. The van der Waals surface area contributed by atoms with Crippen molar-refractivity contribution in [1.29, 1.82) is 0 Å². The third-order valence-electron chi connectivity index (χ3n) is 4.93. The fourth-order valence-corrected chi connectivity index (χ4v) is 3.23. The van der Waals surface area contributed by atoms with E-state index in [9.17, 15) is 9.18 Å². The standard InChI is InChI=1S/C18H26FN3O/c1-13(15-4-5-15)20-18(23)21-17-8-10-22(11-9-17)12-14-2-6-16(19)7-3-14/h2-3,6-7,13,15,17H,4-5,8-12H2,1H3,(H2,20,21,23). The zero-order valence-electron chi connectivity index (χ0n) is 13.7. The molecule has 1 aliphatic carbocycles. The molecule has 1 unspecified atom stereocenters. The highest BCUT2D eigenvalue weighted by molar-refractivity contribution is 5.74. The Bertz CT molecular complexity index is 522. The van der Waals surface area contributed by atoms with Crippen LogP contribution >= 0.6 is 0 Å². The third-order valence-corrected chi connectivity index (χ3v) is 4.93. The SMILES string of the molecule is CC(NC(=O)NC1CCN(Cc2ccc(F)cc2)CC1)C1CC1. The van der Waals surface area contributed by atoms with Crippen LogP contribution in [0.1, 0.15) is 38.2 Å². The maximum absolute atomic E-state index is 12.9. The minimum Gasteiger partial charge on any atom is -0.335 e. The zero-order chi connectivity index (χ0) is 16.2. The van der Waals surface area contributed by atoms with Crippen molar-refractivity contribution in [2.24, 2.45) is 5.92 Å². The van der Waals surface area contributed by atoms with Crippen LogP contribution in [0.15, 0.2) is 24.3 Å². The average molecular weight is 319 g/mol. The molecule has 4 nitrogen and oxygen atoms in total. The lowest BCUT2D eigenvalue weighted by Crippen LogP contribution is -2.49. The van der Waals surface area contributed by atoms with Gasteiger partial charge in [0.15, 0.2) is 0 Å². The molecule has 0 radical (unpaired) electrons. The molecule has 126 valence electrons. The molecule has 2 amide bonds. The predicted octanol–water partition coefficient (Wildman–Crippen LogP) is 2.89. The molecule has 1 saturated carbocycles. The second-order valence-corrected chi connectivity index (χ2v) is 6.92. The lowest BCUT2D eigenvalue weighted by molar-refractivity contribution is 0.185. The predicted molar refractivity (Wildman–Crippen MR) is 88.6 cm³/mol. The van der Waals surface area contributed by atoms with Gasteiger partial charge in [-0.3, -0.25) is 4.90 Å². The van der Waals surface area contributed by atoms with Crippen LogP contribution in [-0.4, -0.2) is 36.1 Å². The Hall–Kier alpha value is -1.62. The van der Waals surface area contributed by atoms with Crippen LogP contribution in [0.5, 0.6) is 0 Å². The third kappa shape index (κ3) is 4.93. The Morgan fingerprint density at radius 3 is 2.48 bits per heavy atom. The van der Waals surface area contributed by atoms with Gasteiger partial charge in [-0.2, -0.15) is 0 Å². The minimum absolute atomic E-state index is 0.0265. The molecule has 2 fully saturated rings. The average Bonchev–Trinajstić information content (AvgIpc) is 3.36. The van der Waals surface area contributed by atoms with E-state index in [0.29, 0.717) is 5.92 Å². The highest BCUT2D eigenvalue weighted by Crippen LogP contribution is 2.32. The summed E-state index contributed by atoms with van der Waals surface area (Å²) in [5.41, 5.74) is 1.13. The van der Waals surface area contributed by atoms with Gasteiger partial charge in [0.05, 0.1) is 0 Å². The molecule has 1 aromatic carbocycles. The van der Waals surface area contributed by atoms with Crippen molar-refractivity contribution < 1.29 is 9.18 Å². The summed E-state index contributed by atoms with van der Waals surface area (Å²) in [7, 11) is 0. The Labute approximate surface area is 137 Å². The van der Waals surface area contributed by atoms with Gasteiger partial charge in [0.1, 0.15) is 5.82 Å². The van der Waals surface area contributed by atoms with Crippen molar-refractivity contribution in [3.8, 4) is 0 Å². The van der Waals surface area contributed by atoms with E-state index in [-0.39, 0.29) is 23.9 Å². The number of rotatable bonds is 5. The Morgan fingerprint density at radius 2 is 1.87 bits per heavy atom. The number of hydrogen-bond donors (Lipinski definition) is 2. The summed E-state index contributed by atoms with van der Waals surface area (Å²) in [6, 6.07) is 7.21. The lowest BCUT2D eigenvalue weighted by Gasteiger charge is -2.32. The summed E-state index contributed by atoms with van der Waals surface area (Å²) in [4.78, 5) is 14.3. The number of piperidine rings is 1. The number of halogens is 1. The number of nitrogens with zero attached hydrogens (tertiary/aromatic N) is 1. The van der Waals surface area contributed by atoms with Gasteiger partial charge in [0.2, 0.25) is 0 Å². The van der Waals surface area contributed by atoms with Crippen molar-refractivity contribution in [3.63, 3.8) is 0 Å². The molecule has 1 atom stereocenters. The van der Waals surface area contributed by atoms with Gasteiger partial charge in [0, 0.05) is 31.7 Å². The van der Waals surface area contributed by atoms with Gasteiger partial charge in [-0.05, 0) is 56.2 Å². The molecule has 2 aliphatic rings. The number of carbonyl (C=O) groups excluding carboxylic acids is 1. The maximum Gasteiger partial charge on any atom is 0.315 e. The van der Waals surface area contributed by atoms with Crippen LogP contribution in [0.25, 0.3) is 0 Å². The van der Waals surface area contributed by atoms with Crippen LogP contribution in [0.2, 0.25) is 0 Å². The monoisotopic (exact) mass is 319 g/mol. The van der Waals surface area contributed by atoms with Gasteiger partial charge in [-0.25, -0.2) is 9.18 Å². The van der Waals surface area contributed by atoms with E-state index in [0.717, 1.165) is 38.0 Å². The largest absolute Gasteiger partial charge is 0.335 e. The first-order valence-electron chi connectivity index (χ1n) is 8.64. The van der Waals surface area contributed by atoms with Crippen LogP contribution in [0.3, 0.4) is 0 Å². The molecule has 1 aliphatic heterocycles. The summed E-state index contributed by atoms with van der Waals surface area (Å²) in [6.07, 6.45) is 4.41. The van der Waals surface area contributed by atoms with Crippen LogP contribution in [-0.2, 0) is 6.54 Å². The van der Waals surface area contributed by atoms with Gasteiger partial charge in [0.25, 0.3) is 0 Å². The number of urea groups is 1. The molecule has 5 heteroatoms. The number of carbonyl (C=O) groups is 1. The van der Waals surface area contributed by atoms with Crippen molar-refractivity contribution in [1.82, 2.24) is 15.5 Å². The van der Waals surface area contributed by atoms with Crippen molar-refractivity contribution in [3.05, 3.63) is 35.6 Å². The Balaban J connectivity index is 1.37. The van der Waals surface area contributed by atoms with E-state index in [1.54, 1.807) is 0 Å². The van der Waals surface area contributed by atoms with Gasteiger partial charge in [-0.1, -0.05) is 12.1 Å². The van der Waals surface area contributed by atoms with E-state index in [2.05, 4.69) is 22.5 Å². The molecule has 0 spiro atoms. The zero-order valence-corrected chi connectivity index (χ0v) is 13.7. The Morgan fingerprint density at radius 1 is 1.22 bits per heavy atom. The molecular formula is C18H26FN3O. The Kier molecular flexibility index (Phi) is 5.16. The normalized spacial score (nSPS) is 21.0. The molecule has 23 heavy (non-hydrogen) atoms. The number of amides is 2.